The maximum atomic E-state index is 12.6. The number of hydrogen-bond acceptors (Lipinski definition) is 6. The maximum absolute atomic E-state index is 12.6. The van der Waals surface area contributed by atoms with E-state index in [1.165, 1.54) is 0 Å². The van der Waals surface area contributed by atoms with E-state index >= 15 is 0 Å². The highest BCUT2D eigenvalue weighted by Crippen LogP contribution is 2.29. The molecule has 0 aliphatic carbocycles. The lowest BCUT2D eigenvalue weighted by Gasteiger charge is -2.16. The van der Waals surface area contributed by atoms with Crippen LogP contribution < -0.4 is 10.2 Å². The summed E-state index contributed by atoms with van der Waals surface area (Å²) >= 11 is 1.74. The molecule has 0 bridgehead atoms. The van der Waals surface area contributed by atoms with Gasteiger partial charge in [0.15, 0.2) is 0 Å². The Balaban J connectivity index is 1.42. The van der Waals surface area contributed by atoms with Gasteiger partial charge in [0.2, 0.25) is 17.7 Å². The van der Waals surface area contributed by atoms with Gasteiger partial charge in [0.1, 0.15) is 0 Å². The van der Waals surface area contributed by atoms with Crippen LogP contribution in [-0.4, -0.2) is 33.8 Å². The minimum absolute atomic E-state index is 0.0301. The van der Waals surface area contributed by atoms with Crippen LogP contribution in [0.5, 0.6) is 0 Å². The Bertz CT molecular complexity index is 1050. The number of nitrogens with zero attached hydrogens (tertiary/aromatic N) is 3. The molecule has 1 N–H and O–H groups in total. The molecule has 2 aromatic carbocycles. The van der Waals surface area contributed by atoms with Gasteiger partial charge in [-0.1, -0.05) is 43.2 Å². The number of para-hydroxylation sites is 1. The van der Waals surface area contributed by atoms with Crippen LogP contribution in [0.25, 0.3) is 11.5 Å². The smallest absolute Gasteiger partial charge is 0.322 e. The van der Waals surface area contributed by atoms with E-state index in [0.29, 0.717) is 17.7 Å². The van der Waals surface area contributed by atoms with Crippen molar-refractivity contribution in [3.8, 4) is 11.5 Å². The first-order valence-corrected chi connectivity index (χ1v) is 10.6. The molecular weight excluding hydrogens is 400 g/mol. The number of carbonyl (C=O) groups is 2. The Morgan fingerprint density at radius 2 is 1.97 bits per heavy atom. The molecule has 1 aliphatic heterocycles. The Morgan fingerprint density at radius 3 is 2.73 bits per heavy atom. The highest BCUT2D eigenvalue weighted by molar-refractivity contribution is 7.99. The largest absolute Gasteiger partial charge is 0.403 e. The predicted molar refractivity (Wildman–Crippen MR) is 116 cm³/mol. The van der Waals surface area contributed by atoms with Crippen molar-refractivity contribution in [1.29, 1.82) is 0 Å². The number of rotatable bonds is 6. The molecule has 2 heterocycles. The van der Waals surface area contributed by atoms with E-state index in [2.05, 4.69) is 29.4 Å². The zero-order valence-corrected chi connectivity index (χ0v) is 17.6. The first kappa shape index (κ1) is 20.2. The van der Waals surface area contributed by atoms with E-state index < -0.39 is 5.92 Å². The summed E-state index contributed by atoms with van der Waals surface area (Å²) in [6, 6.07) is 17.2. The average molecular weight is 423 g/mol. The molecule has 1 aromatic heterocycles. The molecule has 1 fully saturated rings. The predicted octanol–water partition coefficient (Wildman–Crippen LogP) is 4.23. The summed E-state index contributed by atoms with van der Waals surface area (Å²) in [6.45, 7) is 4.58. The van der Waals surface area contributed by atoms with Crippen LogP contribution >= 0.6 is 11.8 Å². The minimum atomic E-state index is -0.473. The number of aromatic nitrogens is 2. The van der Waals surface area contributed by atoms with E-state index in [1.54, 1.807) is 16.7 Å². The summed E-state index contributed by atoms with van der Waals surface area (Å²) in [4.78, 5) is 27.7. The molecule has 8 heteroatoms. The molecule has 1 atom stereocenters. The lowest BCUT2D eigenvalue weighted by molar-refractivity contribution is -0.122. The highest BCUT2D eigenvalue weighted by Gasteiger charge is 2.35. The molecule has 30 heavy (non-hydrogen) atoms. The van der Waals surface area contributed by atoms with Gasteiger partial charge in [-0.05, 0) is 30.3 Å². The molecule has 1 saturated heterocycles. The van der Waals surface area contributed by atoms with Crippen LogP contribution in [0, 0.1) is 5.92 Å². The fraction of sp³-hybridized carbons (Fsp3) is 0.273. The molecule has 154 valence electrons. The van der Waals surface area contributed by atoms with E-state index in [1.807, 2.05) is 54.6 Å². The number of benzene rings is 2. The number of thioether (sulfide) groups is 1. The number of anilines is 2. The second kappa shape index (κ2) is 8.71. The molecule has 7 nitrogen and oxygen atoms in total. The second-order valence-electron chi connectivity index (χ2n) is 7.34. The van der Waals surface area contributed by atoms with E-state index in [4.69, 9.17) is 4.42 Å². The number of amides is 2. The molecule has 1 aliphatic rings. The van der Waals surface area contributed by atoms with Crippen molar-refractivity contribution >= 4 is 35.3 Å². The van der Waals surface area contributed by atoms with Crippen LogP contribution in [0.15, 0.2) is 63.9 Å². The first-order chi connectivity index (χ1) is 14.5. The van der Waals surface area contributed by atoms with Crippen molar-refractivity contribution in [1.82, 2.24) is 10.2 Å². The number of hydrogen-bond donors (Lipinski definition) is 1. The van der Waals surface area contributed by atoms with Crippen molar-refractivity contribution in [2.75, 3.05) is 16.8 Å². The zero-order chi connectivity index (χ0) is 21.1. The second-order valence-corrected chi connectivity index (χ2v) is 8.99. The van der Waals surface area contributed by atoms with Crippen LogP contribution in [0.2, 0.25) is 0 Å². The van der Waals surface area contributed by atoms with Crippen molar-refractivity contribution in [2.45, 2.75) is 30.4 Å². The Kier molecular flexibility index (Phi) is 5.85. The van der Waals surface area contributed by atoms with Gasteiger partial charge in [-0.25, -0.2) is 0 Å². The molecule has 0 saturated carbocycles. The van der Waals surface area contributed by atoms with Gasteiger partial charge in [0, 0.05) is 34.4 Å². The van der Waals surface area contributed by atoms with Gasteiger partial charge in [0.05, 0.1) is 5.92 Å². The van der Waals surface area contributed by atoms with Crippen molar-refractivity contribution < 1.29 is 14.0 Å². The molecule has 2 amide bonds. The van der Waals surface area contributed by atoms with Crippen LogP contribution in [-0.2, 0) is 9.59 Å². The quantitative estimate of drug-likeness (QED) is 0.598. The van der Waals surface area contributed by atoms with Crippen LogP contribution in [0.4, 0.5) is 11.7 Å². The average Bonchev–Trinajstić information content (AvgIpc) is 3.35. The summed E-state index contributed by atoms with van der Waals surface area (Å²) in [6.07, 6.45) is 0.149. The summed E-state index contributed by atoms with van der Waals surface area (Å²) < 4.78 is 5.64. The monoisotopic (exact) mass is 422 g/mol. The van der Waals surface area contributed by atoms with Gasteiger partial charge in [-0.15, -0.1) is 16.9 Å². The molecular formula is C22H22N4O3S. The van der Waals surface area contributed by atoms with Gasteiger partial charge < -0.3 is 9.32 Å². The molecule has 1 unspecified atom stereocenters. The van der Waals surface area contributed by atoms with Crippen LogP contribution in [0.1, 0.15) is 20.3 Å². The summed E-state index contributed by atoms with van der Waals surface area (Å²) in [7, 11) is 0. The first-order valence-electron chi connectivity index (χ1n) is 9.76. The van der Waals surface area contributed by atoms with Crippen molar-refractivity contribution in [3.05, 3.63) is 54.6 Å². The number of carbonyl (C=O) groups excluding carboxylic acids is 2. The van der Waals surface area contributed by atoms with E-state index in [0.717, 1.165) is 16.1 Å². The standard InChI is InChI=1S/C22H22N4O3S/c1-14(2)30-18-10-6-7-15(11-18)21-24-25-22(29-21)23-20(28)16-12-19(27)26(13-16)17-8-4-3-5-9-17/h3-11,14,16H,12-13H2,1-2H3,(H,23,25,28). The topological polar surface area (TPSA) is 88.3 Å². The lowest BCUT2D eigenvalue weighted by atomic mass is 10.1. The minimum Gasteiger partial charge on any atom is -0.403 e. The number of nitrogens with one attached hydrogen (secondary N) is 1. The van der Waals surface area contributed by atoms with E-state index in [9.17, 15) is 9.59 Å². The highest BCUT2D eigenvalue weighted by atomic mass is 32.2. The normalized spacial score (nSPS) is 16.3. The maximum Gasteiger partial charge on any atom is 0.322 e. The summed E-state index contributed by atoms with van der Waals surface area (Å²) in [5.74, 6) is -0.517. The summed E-state index contributed by atoms with van der Waals surface area (Å²) in [5, 5.41) is 11.1. The Hall–Kier alpha value is -3.13. The van der Waals surface area contributed by atoms with Gasteiger partial charge in [0.25, 0.3) is 0 Å². The van der Waals surface area contributed by atoms with E-state index in [-0.39, 0.29) is 24.2 Å². The third-order valence-electron chi connectivity index (χ3n) is 4.67. The zero-order valence-electron chi connectivity index (χ0n) is 16.7. The molecule has 4 rings (SSSR count). The lowest BCUT2D eigenvalue weighted by Crippen LogP contribution is -2.28. The molecule has 0 spiro atoms. The fourth-order valence-electron chi connectivity index (χ4n) is 3.31. The molecule has 3 aromatic rings. The van der Waals surface area contributed by atoms with Gasteiger partial charge >= 0.3 is 6.01 Å². The van der Waals surface area contributed by atoms with Gasteiger partial charge in [-0.3, -0.25) is 14.9 Å². The fourth-order valence-corrected chi connectivity index (χ4v) is 4.21. The third kappa shape index (κ3) is 4.54. The Labute approximate surface area is 178 Å². The van der Waals surface area contributed by atoms with Crippen molar-refractivity contribution in [3.63, 3.8) is 0 Å². The van der Waals surface area contributed by atoms with Crippen LogP contribution in [0.3, 0.4) is 0 Å². The summed E-state index contributed by atoms with van der Waals surface area (Å²) in [5.41, 5.74) is 1.58. The van der Waals surface area contributed by atoms with Crippen molar-refractivity contribution in [2.24, 2.45) is 5.92 Å². The molecule has 0 radical (unpaired) electrons. The van der Waals surface area contributed by atoms with Gasteiger partial charge in [-0.2, -0.15) is 0 Å². The Morgan fingerprint density at radius 1 is 1.17 bits per heavy atom. The SMILES string of the molecule is CC(C)Sc1cccc(-c2nnc(NC(=O)C3CC(=O)N(c4ccccc4)C3)o2)c1. The third-order valence-corrected chi connectivity index (χ3v) is 5.67.